The molecule has 2 saturated heterocycles. The van der Waals surface area contributed by atoms with Crippen LogP contribution in [0.1, 0.15) is 47.1 Å². The van der Waals surface area contributed by atoms with Crippen LogP contribution in [0.4, 0.5) is 4.79 Å². The van der Waals surface area contributed by atoms with Gasteiger partial charge in [0.05, 0.1) is 12.6 Å². The lowest BCUT2D eigenvalue weighted by Gasteiger charge is -2.45. The maximum Gasteiger partial charge on any atom is 0.509 e. The zero-order valence-electron chi connectivity index (χ0n) is 19.0. The lowest BCUT2D eigenvalue weighted by Crippen LogP contribution is -2.60. The molecule has 0 spiro atoms. The normalized spacial score (nSPS) is 25.0. The number of rotatable bonds is 8. The molecule has 2 aliphatic rings. The summed E-state index contributed by atoms with van der Waals surface area (Å²) in [7, 11) is -2.13. The van der Waals surface area contributed by atoms with Crippen molar-refractivity contribution < 1.29 is 23.5 Å². The van der Waals surface area contributed by atoms with Crippen molar-refractivity contribution in [2.45, 2.75) is 83.0 Å². The van der Waals surface area contributed by atoms with E-state index in [-0.39, 0.29) is 5.78 Å². The van der Waals surface area contributed by atoms with E-state index in [1.54, 1.807) is 0 Å². The van der Waals surface area contributed by atoms with E-state index >= 15 is 0 Å². The quantitative estimate of drug-likeness (QED) is 0.443. The van der Waals surface area contributed by atoms with Gasteiger partial charge in [-0.15, -0.1) is 0 Å². The highest BCUT2D eigenvalue weighted by Crippen LogP contribution is 2.42. The molecule has 1 aromatic rings. The number of carbonyl (C=O) groups excluding carboxylic acids is 2. The average molecular weight is 434 g/mol. The van der Waals surface area contributed by atoms with E-state index in [0.717, 1.165) is 5.56 Å². The van der Waals surface area contributed by atoms with E-state index in [4.69, 9.17) is 13.9 Å². The van der Waals surface area contributed by atoms with Crippen LogP contribution in [0.2, 0.25) is 16.6 Å². The number of fused-ring (bicyclic) bond motifs is 1. The lowest BCUT2D eigenvalue weighted by atomic mass is 9.95. The Labute approximate surface area is 181 Å². The third kappa shape index (κ3) is 4.34. The van der Waals surface area contributed by atoms with Gasteiger partial charge in [-0.1, -0.05) is 71.9 Å². The summed E-state index contributed by atoms with van der Waals surface area (Å²) in [5.74, 6) is -0.118. The highest BCUT2D eigenvalue weighted by molar-refractivity contribution is 6.77. The number of hydrogen-bond donors (Lipinski definition) is 0. The predicted molar refractivity (Wildman–Crippen MR) is 118 cm³/mol. The summed E-state index contributed by atoms with van der Waals surface area (Å²) in [4.78, 5) is 27.1. The summed E-state index contributed by atoms with van der Waals surface area (Å²) in [6.07, 6.45) is -2.13. The van der Waals surface area contributed by atoms with Gasteiger partial charge in [0.25, 0.3) is 0 Å². The van der Waals surface area contributed by atoms with Crippen molar-refractivity contribution in [1.29, 1.82) is 0 Å². The molecule has 0 aromatic heterocycles. The SMILES string of the molecule is CC(C)[Si](OC[C@@H]1C(=O)[C@@H]2OC(=O)O[C@H]2CN1Cc1ccccc1)(C(C)C)C(C)C. The van der Waals surface area contributed by atoms with E-state index in [9.17, 15) is 9.59 Å². The number of ketones is 1. The molecule has 2 fully saturated rings. The standard InChI is InChI=1S/C23H35NO5Si/c1-15(2)30(16(3)4,17(5)6)27-14-19-21(25)22-20(28-23(26)29-22)13-24(19)12-18-10-8-7-9-11-18/h7-11,15-17,19-20,22H,12-14H2,1-6H3/t19-,20+,22-/m1/s1. The molecule has 30 heavy (non-hydrogen) atoms. The number of benzene rings is 1. The topological polar surface area (TPSA) is 65.1 Å². The molecule has 3 rings (SSSR count). The van der Waals surface area contributed by atoms with Crippen LogP contribution in [0.25, 0.3) is 0 Å². The zero-order chi connectivity index (χ0) is 22.1. The average Bonchev–Trinajstić information content (AvgIpc) is 3.05. The zero-order valence-corrected chi connectivity index (χ0v) is 20.0. The monoisotopic (exact) mass is 433 g/mol. The summed E-state index contributed by atoms with van der Waals surface area (Å²) in [6.45, 7) is 14.8. The van der Waals surface area contributed by atoms with Gasteiger partial charge in [-0.25, -0.2) is 4.79 Å². The summed E-state index contributed by atoms with van der Waals surface area (Å²) >= 11 is 0. The fourth-order valence-corrected chi connectivity index (χ4v) is 10.8. The Morgan fingerprint density at radius 1 is 1.00 bits per heavy atom. The molecule has 7 heteroatoms. The molecule has 0 aliphatic carbocycles. The van der Waals surface area contributed by atoms with Crippen molar-refractivity contribution in [3.8, 4) is 0 Å². The van der Waals surface area contributed by atoms with Gasteiger partial charge in [-0.2, -0.15) is 0 Å². The molecule has 0 bridgehead atoms. The Hall–Kier alpha value is -1.70. The van der Waals surface area contributed by atoms with Gasteiger partial charge >= 0.3 is 6.16 Å². The van der Waals surface area contributed by atoms with E-state index in [2.05, 4.69) is 46.4 Å². The van der Waals surface area contributed by atoms with Gasteiger partial charge in [0.1, 0.15) is 0 Å². The fraction of sp³-hybridized carbons (Fsp3) is 0.652. The third-order valence-corrected chi connectivity index (χ3v) is 12.8. The van der Waals surface area contributed by atoms with Crippen molar-refractivity contribution in [3.05, 3.63) is 35.9 Å². The summed E-state index contributed by atoms with van der Waals surface area (Å²) in [5, 5.41) is 0. The molecular formula is C23H35NO5Si. The van der Waals surface area contributed by atoms with Crippen LogP contribution in [-0.4, -0.2) is 56.6 Å². The Kier molecular flexibility index (Phi) is 7.04. The van der Waals surface area contributed by atoms with Crippen LogP contribution < -0.4 is 0 Å². The number of carbonyl (C=O) groups is 2. The molecule has 0 saturated carbocycles. The van der Waals surface area contributed by atoms with Gasteiger partial charge in [0.15, 0.2) is 20.2 Å². The van der Waals surface area contributed by atoms with E-state index in [1.807, 2.05) is 30.3 Å². The molecular weight excluding hydrogens is 398 g/mol. The maximum atomic E-state index is 13.3. The Balaban J connectivity index is 1.85. The Morgan fingerprint density at radius 2 is 1.60 bits per heavy atom. The Bertz CT molecular complexity index is 729. The molecule has 6 nitrogen and oxygen atoms in total. The molecule has 0 radical (unpaired) electrons. The fourth-order valence-electron chi connectivity index (χ4n) is 5.40. The highest BCUT2D eigenvalue weighted by Gasteiger charge is 2.52. The first kappa shape index (κ1) is 23.0. The largest absolute Gasteiger partial charge is 0.509 e. The van der Waals surface area contributed by atoms with Crippen LogP contribution in [0.5, 0.6) is 0 Å². The lowest BCUT2D eigenvalue weighted by molar-refractivity contribution is -0.140. The van der Waals surface area contributed by atoms with Crippen LogP contribution in [0.3, 0.4) is 0 Å². The van der Waals surface area contributed by atoms with Crippen molar-refractivity contribution in [1.82, 2.24) is 4.90 Å². The second-order valence-corrected chi connectivity index (χ2v) is 14.9. The number of likely N-dealkylation sites (tertiary alicyclic amines) is 1. The molecule has 3 atom stereocenters. The number of hydrogen-bond acceptors (Lipinski definition) is 6. The predicted octanol–water partition coefficient (Wildman–Crippen LogP) is 4.54. The molecule has 1 aromatic carbocycles. The minimum absolute atomic E-state index is 0.118. The van der Waals surface area contributed by atoms with Gasteiger partial charge in [0, 0.05) is 13.1 Å². The summed E-state index contributed by atoms with van der Waals surface area (Å²) in [5.41, 5.74) is 2.40. The van der Waals surface area contributed by atoms with Crippen molar-refractivity contribution >= 4 is 20.3 Å². The second-order valence-electron chi connectivity index (χ2n) is 9.41. The summed E-state index contributed by atoms with van der Waals surface area (Å²) < 4.78 is 17.2. The van der Waals surface area contributed by atoms with Gasteiger partial charge < -0.3 is 13.9 Å². The molecule has 166 valence electrons. The first-order chi connectivity index (χ1) is 14.2. The molecule has 0 amide bonds. The van der Waals surface area contributed by atoms with E-state index in [0.29, 0.717) is 36.3 Å². The van der Waals surface area contributed by atoms with Crippen LogP contribution in [0, 0.1) is 0 Å². The van der Waals surface area contributed by atoms with E-state index < -0.39 is 32.7 Å². The first-order valence-electron chi connectivity index (χ1n) is 11.0. The van der Waals surface area contributed by atoms with Crippen LogP contribution in [0.15, 0.2) is 30.3 Å². The van der Waals surface area contributed by atoms with Crippen molar-refractivity contribution in [2.24, 2.45) is 0 Å². The van der Waals surface area contributed by atoms with Crippen molar-refractivity contribution in [3.63, 3.8) is 0 Å². The van der Waals surface area contributed by atoms with Gasteiger partial charge in [-0.3, -0.25) is 9.69 Å². The smallest absolute Gasteiger partial charge is 0.425 e. The molecule has 0 N–H and O–H groups in total. The van der Waals surface area contributed by atoms with Gasteiger partial charge in [0.2, 0.25) is 6.10 Å². The molecule has 0 unspecified atom stereocenters. The third-order valence-electron chi connectivity index (χ3n) is 6.70. The highest BCUT2D eigenvalue weighted by atomic mass is 28.4. The second kappa shape index (κ2) is 9.20. The van der Waals surface area contributed by atoms with Crippen LogP contribution in [-0.2, 0) is 25.2 Å². The van der Waals surface area contributed by atoms with Gasteiger partial charge in [-0.05, 0) is 22.2 Å². The molecule has 2 aliphatic heterocycles. The summed E-state index contributed by atoms with van der Waals surface area (Å²) in [6, 6.07) is 9.58. The number of piperidine rings is 1. The first-order valence-corrected chi connectivity index (χ1v) is 13.1. The molecule has 2 heterocycles. The minimum atomic E-state index is -2.13. The maximum absolute atomic E-state index is 13.3. The van der Waals surface area contributed by atoms with Crippen LogP contribution >= 0.6 is 0 Å². The number of Topliss-reactive ketones (excluding diaryl/α,β-unsaturated/α-hetero) is 1. The van der Waals surface area contributed by atoms with E-state index in [1.165, 1.54) is 0 Å². The number of ether oxygens (including phenoxy) is 2. The minimum Gasteiger partial charge on any atom is -0.425 e. The Morgan fingerprint density at radius 3 is 2.17 bits per heavy atom. The van der Waals surface area contributed by atoms with Crippen molar-refractivity contribution in [2.75, 3.05) is 13.2 Å². The number of nitrogens with zero attached hydrogens (tertiary/aromatic N) is 1.